The minimum Gasteiger partial charge on any atom is -0.507 e. The number of hydrogen-bond acceptors (Lipinski definition) is 7. The number of aromatic hydroxyl groups is 1. The van der Waals surface area contributed by atoms with Gasteiger partial charge in [0.15, 0.2) is 0 Å². The Morgan fingerprint density at radius 3 is 2.45 bits per heavy atom. The molecule has 0 bridgehead atoms. The molecule has 2 fully saturated rings. The number of aromatic nitrogens is 1. The fourth-order valence-electron chi connectivity index (χ4n) is 4.86. The summed E-state index contributed by atoms with van der Waals surface area (Å²) in [6.07, 6.45) is 1.58. The molecule has 0 unspecified atom stereocenters. The van der Waals surface area contributed by atoms with Crippen LogP contribution >= 0.6 is 11.6 Å². The molecule has 1 aromatic heterocycles. The van der Waals surface area contributed by atoms with E-state index < -0.39 is 5.82 Å². The van der Waals surface area contributed by atoms with Crippen molar-refractivity contribution in [2.24, 2.45) is 0 Å². The summed E-state index contributed by atoms with van der Waals surface area (Å²) in [7, 11) is 1.73. The van der Waals surface area contributed by atoms with E-state index in [1.54, 1.807) is 41.2 Å². The van der Waals surface area contributed by atoms with Crippen LogP contribution in [0.3, 0.4) is 0 Å². The van der Waals surface area contributed by atoms with E-state index in [0.717, 1.165) is 31.9 Å². The highest BCUT2D eigenvalue weighted by atomic mass is 35.5. The first-order valence-electron chi connectivity index (χ1n) is 12.5. The van der Waals surface area contributed by atoms with Crippen LogP contribution in [0.15, 0.2) is 42.6 Å². The van der Waals surface area contributed by atoms with E-state index in [0.29, 0.717) is 52.9 Å². The van der Waals surface area contributed by atoms with Crippen molar-refractivity contribution in [3.63, 3.8) is 0 Å². The van der Waals surface area contributed by atoms with Crippen molar-refractivity contribution >= 4 is 34.8 Å². The predicted octanol–water partition coefficient (Wildman–Crippen LogP) is 3.60. The molecular weight excluding hydrogens is 511 g/mol. The van der Waals surface area contributed by atoms with Crippen molar-refractivity contribution in [3.05, 3.63) is 53.4 Å². The number of benzene rings is 2. The van der Waals surface area contributed by atoms with Crippen LogP contribution < -0.4 is 20.4 Å². The number of carbonyl (C=O) groups is 1. The molecule has 2 saturated heterocycles. The Kier molecular flexibility index (Phi) is 7.55. The van der Waals surface area contributed by atoms with Gasteiger partial charge in [-0.3, -0.25) is 4.90 Å². The second kappa shape index (κ2) is 11.0. The number of carbonyl (C=O) groups excluding carboxylic acids is 1. The summed E-state index contributed by atoms with van der Waals surface area (Å²) >= 11 is 6.55. The van der Waals surface area contributed by atoms with Crippen LogP contribution in [0.4, 0.5) is 26.4 Å². The van der Waals surface area contributed by atoms with Gasteiger partial charge in [0.1, 0.15) is 17.4 Å². The molecule has 0 radical (unpaired) electrons. The summed E-state index contributed by atoms with van der Waals surface area (Å²) in [5, 5.41) is 27.4. The van der Waals surface area contributed by atoms with Crippen LogP contribution in [0.1, 0.15) is 0 Å². The van der Waals surface area contributed by atoms with Gasteiger partial charge in [-0.1, -0.05) is 17.7 Å². The Hall–Kier alpha value is -3.60. The number of anilines is 3. The summed E-state index contributed by atoms with van der Waals surface area (Å²) in [5.74, 6) is -0.00262. The second-order valence-corrected chi connectivity index (χ2v) is 9.76. The van der Waals surface area contributed by atoms with Gasteiger partial charge < -0.3 is 30.6 Å². The number of hydrogen-bond donors (Lipinski definition) is 4. The van der Waals surface area contributed by atoms with Crippen LogP contribution in [0, 0.1) is 5.82 Å². The van der Waals surface area contributed by atoms with Gasteiger partial charge in [0, 0.05) is 75.7 Å². The van der Waals surface area contributed by atoms with Gasteiger partial charge in [-0.15, -0.1) is 0 Å². The summed E-state index contributed by atoms with van der Waals surface area (Å²) in [5.41, 5.74) is 3.04. The maximum atomic E-state index is 14.9. The first-order valence-corrected chi connectivity index (χ1v) is 12.9. The molecule has 2 aliphatic rings. The van der Waals surface area contributed by atoms with Gasteiger partial charge in [0.2, 0.25) is 0 Å². The SMILES string of the molecule is CN1CCN(c2ccc(-c3cc(F)cc(-c4cnc(NCCO)c(N5CCNCC5)c4)c3O)cc2Cl)C1=O. The third kappa shape index (κ3) is 5.07. The number of amides is 2. The zero-order valence-electron chi connectivity index (χ0n) is 21.0. The smallest absolute Gasteiger partial charge is 0.324 e. The summed E-state index contributed by atoms with van der Waals surface area (Å²) in [4.78, 5) is 22.3. The van der Waals surface area contributed by atoms with Gasteiger partial charge in [-0.2, -0.15) is 0 Å². The van der Waals surface area contributed by atoms with Gasteiger partial charge in [-0.25, -0.2) is 14.2 Å². The van der Waals surface area contributed by atoms with E-state index in [2.05, 4.69) is 20.5 Å². The Morgan fingerprint density at radius 2 is 1.79 bits per heavy atom. The molecule has 3 heterocycles. The first kappa shape index (κ1) is 26.0. The number of rotatable bonds is 7. The van der Waals surface area contributed by atoms with Crippen molar-refractivity contribution in [3.8, 4) is 28.0 Å². The van der Waals surface area contributed by atoms with E-state index in [1.807, 2.05) is 6.07 Å². The van der Waals surface area contributed by atoms with Crippen molar-refractivity contribution in [1.29, 1.82) is 0 Å². The largest absolute Gasteiger partial charge is 0.507 e. The van der Waals surface area contributed by atoms with Crippen LogP contribution in [0.2, 0.25) is 5.02 Å². The Morgan fingerprint density at radius 1 is 1.05 bits per heavy atom. The fraction of sp³-hybridized carbons (Fsp3) is 0.333. The van der Waals surface area contributed by atoms with Crippen LogP contribution in [-0.2, 0) is 0 Å². The minimum atomic E-state index is -0.518. The summed E-state index contributed by atoms with van der Waals surface area (Å²) in [6.45, 7) is 4.58. The fourth-order valence-corrected chi connectivity index (χ4v) is 5.14. The van der Waals surface area contributed by atoms with E-state index >= 15 is 0 Å². The lowest BCUT2D eigenvalue weighted by Crippen LogP contribution is -2.43. The average Bonchev–Trinajstić information content (AvgIpc) is 3.26. The number of aliphatic hydroxyl groups excluding tert-OH is 1. The minimum absolute atomic E-state index is 0.0392. The molecule has 4 N–H and O–H groups in total. The van der Waals surface area contributed by atoms with E-state index in [4.69, 9.17) is 11.6 Å². The number of aliphatic hydroxyl groups is 1. The number of urea groups is 1. The summed E-state index contributed by atoms with van der Waals surface area (Å²) in [6, 6.07) is 9.35. The lowest BCUT2D eigenvalue weighted by Gasteiger charge is -2.31. The third-order valence-corrected chi connectivity index (χ3v) is 7.18. The van der Waals surface area contributed by atoms with E-state index in [9.17, 15) is 19.4 Å². The number of pyridine rings is 1. The quantitative estimate of drug-likeness (QED) is 0.363. The molecule has 0 atom stereocenters. The standard InChI is InChI=1S/C27H30ClFN6O3/c1-33-9-10-35(27(33)38)23-3-2-17(12-22(23)28)20-14-19(29)15-21(25(20)37)18-13-24(34-7-4-30-5-8-34)26(32-16-18)31-6-11-36/h2-3,12-16,30,36-37H,4-11H2,1H3,(H,31,32). The highest BCUT2D eigenvalue weighted by Gasteiger charge is 2.28. The molecule has 0 saturated carbocycles. The average molecular weight is 541 g/mol. The molecule has 0 aliphatic carbocycles. The molecule has 2 aromatic carbocycles. The Labute approximate surface area is 225 Å². The molecule has 9 nitrogen and oxygen atoms in total. The molecule has 200 valence electrons. The first-order chi connectivity index (χ1) is 18.4. The Balaban J connectivity index is 1.53. The number of nitrogens with one attached hydrogen (secondary N) is 2. The number of halogens is 2. The normalized spacial score (nSPS) is 15.9. The number of piperazine rings is 1. The molecule has 2 aliphatic heterocycles. The third-order valence-electron chi connectivity index (χ3n) is 6.88. The van der Waals surface area contributed by atoms with Crippen molar-refractivity contribution < 1.29 is 19.4 Å². The maximum Gasteiger partial charge on any atom is 0.324 e. The number of phenols is 1. The van der Waals surface area contributed by atoms with Crippen LogP contribution in [0.25, 0.3) is 22.3 Å². The van der Waals surface area contributed by atoms with E-state index in [-0.39, 0.29) is 24.0 Å². The molecule has 5 rings (SSSR count). The van der Waals surface area contributed by atoms with Crippen LogP contribution in [0.5, 0.6) is 5.75 Å². The Bertz CT molecular complexity index is 1350. The van der Waals surface area contributed by atoms with Crippen molar-refractivity contribution in [2.45, 2.75) is 0 Å². The lowest BCUT2D eigenvalue weighted by molar-refractivity contribution is 0.229. The zero-order valence-corrected chi connectivity index (χ0v) is 21.8. The number of likely N-dealkylation sites (N-methyl/N-ethyl adjacent to an activating group) is 1. The van der Waals surface area contributed by atoms with Gasteiger partial charge in [0.25, 0.3) is 0 Å². The highest BCUT2D eigenvalue weighted by molar-refractivity contribution is 6.34. The molecule has 11 heteroatoms. The molecular formula is C27H30ClFN6O3. The number of phenolic OH excluding ortho intramolecular Hbond substituents is 1. The van der Waals surface area contributed by atoms with Crippen LogP contribution in [-0.4, -0.2) is 85.6 Å². The highest BCUT2D eigenvalue weighted by Crippen LogP contribution is 2.42. The van der Waals surface area contributed by atoms with Crippen molar-refractivity contribution in [2.75, 3.05) is 74.6 Å². The van der Waals surface area contributed by atoms with Gasteiger partial charge >= 0.3 is 6.03 Å². The maximum absolute atomic E-state index is 14.9. The van der Waals surface area contributed by atoms with Gasteiger partial charge in [-0.05, 0) is 35.9 Å². The monoisotopic (exact) mass is 540 g/mol. The topological polar surface area (TPSA) is 104 Å². The predicted molar refractivity (Wildman–Crippen MR) is 148 cm³/mol. The zero-order chi connectivity index (χ0) is 26.8. The van der Waals surface area contributed by atoms with E-state index in [1.165, 1.54) is 12.1 Å². The molecule has 3 aromatic rings. The van der Waals surface area contributed by atoms with Crippen molar-refractivity contribution in [1.82, 2.24) is 15.2 Å². The lowest BCUT2D eigenvalue weighted by atomic mass is 9.97. The van der Waals surface area contributed by atoms with Gasteiger partial charge in [0.05, 0.1) is 23.0 Å². The molecule has 0 spiro atoms. The molecule has 2 amide bonds. The number of nitrogens with zero attached hydrogens (tertiary/aromatic N) is 4. The summed E-state index contributed by atoms with van der Waals surface area (Å²) < 4.78 is 14.9. The molecule has 38 heavy (non-hydrogen) atoms. The second-order valence-electron chi connectivity index (χ2n) is 9.35.